The zero-order valence-electron chi connectivity index (χ0n) is 14.1. The molecule has 2 aromatic heterocycles. The number of carbonyl (C=O) groups is 1. The van der Waals surface area contributed by atoms with Crippen molar-refractivity contribution in [2.75, 3.05) is 5.32 Å². The fourth-order valence-electron chi connectivity index (χ4n) is 3.50. The number of Topliss-reactive ketones (excluding diaryl/α,β-unsaturated/α-hetero) is 1. The summed E-state index contributed by atoms with van der Waals surface area (Å²) in [5.41, 5.74) is 2.69. The van der Waals surface area contributed by atoms with Gasteiger partial charge in [0.25, 0.3) is 0 Å². The van der Waals surface area contributed by atoms with Gasteiger partial charge in [0.05, 0.1) is 5.02 Å². The van der Waals surface area contributed by atoms with Gasteiger partial charge < -0.3 is 5.32 Å². The van der Waals surface area contributed by atoms with Gasteiger partial charge in [0, 0.05) is 24.7 Å². The molecule has 4 rings (SSSR count). The maximum Gasteiger partial charge on any atom is 0.158 e. The van der Waals surface area contributed by atoms with Gasteiger partial charge in [0.2, 0.25) is 0 Å². The van der Waals surface area contributed by atoms with Crippen LogP contribution in [0, 0.1) is 11.7 Å². The number of carbonyl (C=O) groups excluding carboxylic acids is 1. The van der Waals surface area contributed by atoms with Gasteiger partial charge in [-0.25, -0.2) is 13.9 Å². The Hall–Kier alpha value is -2.47. The Kier molecular flexibility index (Phi) is 4.59. The van der Waals surface area contributed by atoms with Gasteiger partial charge in [-0.1, -0.05) is 11.6 Å². The number of ketones is 1. The van der Waals surface area contributed by atoms with Gasteiger partial charge in [-0.05, 0) is 55.0 Å². The van der Waals surface area contributed by atoms with Crippen molar-refractivity contribution in [3.05, 3.63) is 53.2 Å². The summed E-state index contributed by atoms with van der Waals surface area (Å²) >= 11 is 5.87. The molecule has 0 spiro atoms. The molecule has 26 heavy (non-hydrogen) atoms. The van der Waals surface area contributed by atoms with E-state index in [1.807, 2.05) is 12.3 Å². The van der Waals surface area contributed by atoms with Gasteiger partial charge in [-0.3, -0.25) is 4.79 Å². The number of nitrogens with zero attached hydrogens (tertiary/aromatic N) is 3. The van der Waals surface area contributed by atoms with Crippen LogP contribution in [0.3, 0.4) is 0 Å². The summed E-state index contributed by atoms with van der Waals surface area (Å²) in [6.07, 6.45) is 7.47. The van der Waals surface area contributed by atoms with Crippen LogP contribution in [0.5, 0.6) is 0 Å². The molecule has 0 saturated heterocycles. The van der Waals surface area contributed by atoms with E-state index in [9.17, 15) is 9.18 Å². The Balaban J connectivity index is 1.63. The van der Waals surface area contributed by atoms with Crippen molar-refractivity contribution in [3.63, 3.8) is 0 Å². The van der Waals surface area contributed by atoms with Crippen LogP contribution in [0.15, 0.2) is 36.8 Å². The van der Waals surface area contributed by atoms with Gasteiger partial charge in [-0.2, -0.15) is 5.10 Å². The molecule has 7 heteroatoms. The first-order chi connectivity index (χ1) is 12.6. The van der Waals surface area contributed by atoms with E-state index in [0.29, 0.717) is 36.0 Å². The topological polar surface area (TPSA) is 59.3 Å². The summed E-state index contributed by atoms with van der Waals surface area (Å²) < 4.78 is 15.2. The van der Waals surface area contributed by atoms with E-state index >= 15 is 0 Å². The van der Waals surface area contributed by atoms with Crippen molar-refractivity contribution in [2.24, 2.45) is 5.92 Å². The number of fused-ring (bicyclic) bond motifs is 1. The van der Waals surface area contributed by atoms with Crippen LogP contribution < -0.4 is 5.32 Å². The lowest BCUT2D eigenvalue weighted by Crippen LogP contribution is -2.15. The van der Waals surface area contributed by atoms with Gasteiger partial charge >= 0.3 is 0 Å². The van der Waals surface area contributed by atoms with Crippen LogP contribution in [-0.4, -0.2) is 20.4 Å². The number of nitrogens with one attached hydrogen (secondary N) is 1. The minimum atomic E-state index is -0.458. The number of hydrogen-bond acceptors (Lipinski definition) is 4. The number of halogens is 2. The summed E-state index contributed by atoms with van der Waals surface area (Å²) in [6, 6.07) is 6.52. The molecule has 0 amide bonds. The van der Waals surface area contributed by atoms with Gasteiger partial charge in [0.1, 0.15) is 23.4 Å². The average molecular weight is 373 g/mol. The maximum atomic E-state index is 13.4. The monoisotopic (exact) mass is 372 g/mol. The first kappa shape index (κ1) is 17.0. The summed E-state index contributed by atoms with van der Waals surface area (Å²) in [7, 11) is 0. The van der Waals surface area contributed by atoms with Gasteiger partial charge in [-0.15, -0.1) is 0 Å². The molecule has 0 aliphatic heterocycles. The van der Waals surface area contributed by atoms with Crippen LogP contribution in [0.1, 0.15) is 31.2 Å². The molecule has 1 N–H and O–H groups in total. The standard InChI is InChI=1S/C19H18ClFN4O/c20-16-10-14(3-6-17(16)21)24-19-18-13(7-8-25(18)23-11-22-19)9-12-1-4-15(26)5-2-12/h3,6-8,10-12H,1-2,4-5,9H2,(H,22,23,24). The highest BCUT2D eigenvalue weighted by Crippen LogP contribution is 2.30. The van der Waals surface area contributed by atoms with E-state index in [1.54, 1.807) is 10.6 Å². The van der Waals surface area contributed by atoms with Crippen LogP contribution in [0.25, 0.3) is 5.52 Å². The number of anilines is 2. The van der Waals surface area contributed by atoms with Crippen LogP contribution in [-0.2, 0) is 11.2 Å². The Morgan fingerprint density at radius 1 is 1.27 bits per heavy atom. The van der Waals surface area contributed by atoms with E-state index < -0.39 is 5.82 Å². The third-order valence-corrected chi connectivity index (χ3v) is 5.18. The van der Waals surface area contributed by atoms with Crippen LogP contribution >= 0.6 is 11.6 Å². The minimum Gasteiger partial charge on any atom is -0.338 e. The fraction of sp³-hybridized carbons (Fsp3) is 0.316. The molecule has 1 aromatic carbocycles. The molecule has 3 aromatic rings. The summed E-state index contributed by atoms with van der Waals surface area (Å²) in [5.74, 6) is 1.05. The molecule has 1 fully saturated rings. The van der Waals surface area contributed by atoms with E-state index in [1.165, 1.54) is 18.5 Å². The Morgan fingerprint density at radius 3 is 2.85 bits per heavy atom. The van der Waals surface area contributed by atoms with E-state index in [4.69, 9.17) is 11.6 Å². The molecule has 5 nitrogen and oxygen atoms in total. The second-order valence-electron chi connectivity index (χ2n) is 6.68. The molecule has 0 atom stereocenters. The third-order valence-electron chi connectivity index (χ3n) is 4.89. The van der Waals surface area contributed by atoms with Crippen LogP contribution in [0.2, 0.25) is 5.02 Å². The summed E-state index contributed by atoms with van der Waals surface area (Å²) in [4.78, 5) is 15.8. The zero-order valence-corrected chi connectivity index (χ0v) is 14.8. The Bertz CT molecular complexity index is 961. The van der Waals surface area contributed by atoms with Crippen LogP contribution in [0.4, 0.5) is 15.9 Å². The van der Waals surface area contributed by atoms with Crippen molar-refractivity contribution < 1.29 is 9.18 Å². The number of aromatic nitrogens is 3. The van der Waals surface area contributed by atoms with E-state index in [-0.39, 0.29) is 5.02 Å². The lowest BCUT2D eigenvalue weighted by Gasteiger charge is -2.20. The van der Waals surface area contributed by atoms with Crippen molar-refractivity contribution >= 4 is 34.4 Å². The molecule has 1 aliphatic carbocycles. The lowest BCUT2D eigenvalue weighted by molar-refractivity contribution is -0.120. The van der Waals surface area contributed by atoms with E-state index in [2.05, 4.69) is 15.4 Å². The number of rotatable bonds is 4. The minimum absolute atomic E-state index is 0.0579. The smallest absolute Gasteiger partial charge is 0.158 e. The highest BCUT2D eigenvalue weighted by molar-refractivity contribution is 6.31. The highest BCUT2D eigenvalue weighted by atomic mass is 35.5. The molecule has 1 aliphatic rings. The summed E-state index contributed by atoms with van der Waals surface area (Å²) in [5, 5.41) is 7.53. The zero-order chi connectivity index (χ0) is 18.1. The molecule has 0 radical (unpaired) electrons. The van der Waals surface area contributed by atoms with E-state index in [0.717, 1.165) is 30.3 Å². The molecule has 0 unspecified atom stereocenters. The molecular weight excluding hydrogens is 355 g/mol. The largest absolute Gasteiger partial charge is 0.338 e. The van der Waals surface area contributed by atoms with Crippen molar-refractivity contribution in [1.29, 1.82) is 0 Å². The van der Waals surface area contributed by atoms with Crippen molar-refractivity contribution in [2.45, 2.75) is 32.1 Å². The highest BCUT2D eigenvalue weighted by Gasteiger charge is 2.21. The maximum absolute atomic E-state index is 13.4. The van der Waals surface area contributed by atoms with Gasteiger partial charge in [0.15, 0.2) is 5.82 Å². The second-order valence-corrected chi connectivity index (χ2v) is 7.09. The quantitative estimate of drug-likeness (QED) is 0.729. The van der Waals surface area contributed by atoms with Crippen molar-refractivity contribution in [1.82, 2.24) is 14.6 Å². The Morgan fingerprint density at radius 2 is 2.08 bits per heavy atom. The van der Waals surface area contributed by atoms with Crippen molar-refractivity contribution in [3.8, 4) is 0 Å². The average Bonchev–Trinajstić information content (AvgIpc) is 3.04. The molecule has 0 bridgehead atoms. The SMILES string of the molecule is O=C1CCC(Cc2ccn3ncnc(Nc4ccc(F)c(Cl)c4)c23)CC1. The molecule has 2 heterocycles. The predicted octanol–water partition coefficient (Wildman–Crippen LogP) is 4.57. The first-order valence-corrected chi connectivity index (χ1v) is 9.03. The third kappa shape index (κ3) is 3.42. The normalized spacial score (nSPS) is 15.5. The number of hydrogen-bond donors (Lipinski definition) is 1. The fourth-order valence-corrected chi connectivity index (χ4v) is 3.68. The Labute approximate surface area is 155 Å². The molecule has 1 saturated carbocycles. The molecule has 134 valence electrons. The number of benzene rings is 1. The first-order valence-electron chi connectivity index (χ1n) is 8.65. The predicted molar refractivity (Wildman–Crippen MR) is 98.3 cm³/mol. The molecular formula is C19H18ClFN4O. The summed E-state index contributed by atoms with van der Waals surface area (Å²) in [6.45, 7) is 0. The lowest BCUT2D eigenvalue weighted by atomic mass is 9.84. The second kappa shape index (κ2) is 7.03.